The first-order valence-corrected chi connectivity index (χ1v) is 12.3. The van der Waals surface area contributed by atoms with Gasteiger partial charge in [0.25, 0.3) is 0 Å². The van der Waals surface area contributed by atoms with Gasteiger partial charge in [0.1, 0.15) is 17.8 Å². The van der Waals surface area contributed by atoms with E-state index in [-0.39, 0.29) is 30.3 Å². The maximum atomic E-state index is 13.3. The number of fused-ring (bicyclic) bond motifs is 1. The maximum Gasteiger partial charge on any atom is 0.423 e. The summed E-state index contributed by atoms with van der Waals surface area (Å²) in [5.41, 5.74) is 0.894. The van der Waals surface area contributed by atoms with Gasteiger partial charge in [-0.25, -0.2) is 9.78 Å². The van der Waals surface area contributed by atoms with Gasteiger partial charge < -0.3 is 14.7 Å². The molecule has 1 fully saturated rings. The largest absolute Gasteiger partial charge is 0.624 e. The highest BCUT2D eigenvalue weighted by Gasteiger charge is 2.43. The van der Waals surface area contributed by atoms with Gasteiger partial charge in [0.2, 0.25) is 11.5 Å². The van der Waals surface area contributed by atoms with E-state index >= 15 is 0 Å². The summed E-state index contributed by atoms with van der Waals surface area (Å²) in [5, 5.41) is 24.5. The molecule has 10 heteroatoms. The van der Waals surface area contributed by atoms with E-state index in [4.69, 9.17) is 32.6 Å². The van der Waals surface area contributed by atoms with Crippen LogP contribution in [0.15, 0.2) is 59.0 Å². The zero-order chi connectivity index (χ0) is 26.7. The third kappa shape index (κ3) is 4.41. The lowest BCUT2D eigenvalue weighted by molar-refractivity contribution is -0.765. The van der Waals surface area contributed by atoms with Gasteiger partial charge >= 0.3 is 6.03 Å². The lowest BCUT2D eigenvalue weighted by Gasteiger charge is -2.29. The molecule has 2 aromatic carbocycles. The fourth-order valence-electron chi connectivity index (χ4n) is 4.36. The van der Waals surface area contributed by atoms with E-state index in [2.05, 4.69) is 0 Å². The van der Waals surface area contributed by atoms with E-state index in [0.717, 1.165) is 5.56 Å². The molecular weight excluding hydrogens is 517 g/mol. The summed E-state index contributed by atoms with van der Waals surface area (Å²) in [6, 6.07) is 15.3. The number of quaternary nitrogens is 1. The number of Topliss-reactive ketones (excluding diaryl/α,β-unsaturated/α-hetero) is 1. The molecule has 2 amide bonds. The van der Waals surface area contributed by atoms with Crippen molar-refractivity contribution in [2.24, 2.45) is 0 Å². The number of pyridine rings is 1. The molecule has 0 bridgehead atoms. The molecule has 0 aliphatic carbocycles. The van der Waals surface area contributed by atoms with Crippen molar-refractivity contribution in [1.82, 2.24) is 4.98 Å². The van der Waals surface area contributed by atoms with Gasteiger partial charge in [-0.2, -0.15) is 0 Å². The lowest BCUT2D eigenvalue weighted by Crippen LogP contribution is -2.42. The Morgan fingerprint density at radius 2 is 1.81 bits per heavy atom. The molecule has 1 saturated heterocycles. The first kappa shape index (κ1) is 25.4. The molecule has 0 spiro atoms. The molecule has 1 N–H and O–H groups in total. The number of nitrogens with zero attached hydrogens (tertiary/aromatic N) is 3. The molecule has 0 saturated carbocycles. The van der Waals surface area contributed by atoms with Crippen LogP contribution in [0.25, 0.3) is 33.5 Å². The fourth-order valence-corrected chi connectivity index (χ4v) is 4.72. The summed E-state index contributed by atoms with van der Waals surface area (Å²) in [5.74, 6) is -0.990. The zero-order valence-corrected chi connectivity index (χ0v) is 21.8. The number of likely N-dealkylation sites (N-methyl/N-ethyl adjacent to an activating group) is 1. The Labute approximate surface area is 222 Å². The zero-order valence-electron chi connectivity index (χ0n) is 20.3. The number of urea groups is 1. The number of furan rings is 1. The summed E-state index contributed by atoms with van der Waals surface area (Å²) >= 11 is 12.6. The smallest absolute Gasteiger partial charge is 0.423 e. The van der Waals surface area contributed by atoms with Crippen LogP contribution in [0.3, 0.4) is 0 Å². The molecule has 8 nitrogen and oxygen atoms in total. The molecule has 4 aromatic rings. The van der Waals surface area contributed by atoms with Gasteiger partial charge in [-0.05, 0) is 43.7 Å². The molecule has 1 atom stereocenters. The molecule has 190 valence electrons. The van der Waals surface area contributed by atoms with Crippen LogP contribution in [-0.4, -0.2) is 52.3 Å². The van der Waals surface area contributed by atoms with Crippen LogP contribution < -0.4 is 4.90 Å². The topological polar surface area (TPSA) is 107 Å². The van der Waals surface area contributed by atoms with Crippen molar-refractivity contribution < 1.29 is 23.8 Å². The number of hydrogen-bond donors (Lipinski definition) is 1. The Hall–Kier alpha value is -3.27. The number of halogens is 2. The second kappa shape index (κ2) is 8.93. The van der Waals surface area contributed by atoms with Crippen molar-refractivity contribution in [2.75, 3.05) is 25.0 Å². The van der Waals surface area contributed by atoms with Crippen LogP contribution in [0.1, 0.15) is 24.4 Å². The number of carbonyl (C=O) groups is 2. The quantitative estimate of drug-likeness (QED) is 0.181. The number of aliphatic hydroxyl groups is 1. The SMILES string of the molecule is CC(C)(O)C(=O)c1oc2nc(-c3ccccc3Cl)c(-c3ccc(Cl)cc3)cc2c1N1CC[N+](C)([O-])C1=O. The van der Waals surface area contributed by atoms with E-state index in [1.807, 2.05) is 24.3 Å². The molecule has 0 radical (unpaired) electrons. The molecule has 1 aliphatic heterocycles. The van der Waals surface area contributed by atoms with Gasteiger partial charge in [-0.15, -0.1) is 0 Å². The van der Waals surface area contributed by atoms with E-state index in [1.54, 1.807) is 30.3 Å². The Morgan fingerprint density at radius 1 is 1.14 bits per heavy atom. The van der Waals surface area contributed by atoms with Crippen molar-refractivity contribution in [3.05, 3.63) is 75.6 Å². The van der Waals surface area contributed by atoms with E-state index in [1.165, 1.54) is 25.8 Å². The van der Waals surface area contributed by atoms with Crippen molar-refractivity contribution in [2.45, 2.75) is 19.4 Å². The van der Waals surface area contributed by atoms with Gasteiger partial charge in [-0.1, -0.05) is 53.5 Å². The molecule has 3 heterocycles. The maximum absolute atomic E-state index is 13.3. The van der Waals surface area contributed by atoms with Gasteiger partial charge in [0.05, 0.1) is 24.7 Å². The highest BCUT2D eigenvalue weighted by molar-refractivity contribution is 6.33. The standard InChI is InChI=1S/C27H23Cl2N3O5/c1-27(2,35)24(33)23-22(31-12-13-32(3,36)26(31)34)19-14-18(15-8-10-16(28)11-9-15)21(30-25(19)37-23)17-6-4-5-7-20(17)29/h4-11,14,35H,12-13H2,1-3H3. The molecule has 1 aliphatic rings. The number of carbonyl (C=O) groups excluding carboxylic acids is 2. The summed E-state index contributed by atoms with van der Waals surface area (Å²) in [4.78, 5) is 32.3. The third-order valence-electron chi connectivity index (χ3n) is 6.36. The summed E-state index contributed by atoms with van der Waals surface area (Å²) < 4.78 is 4.81. The normalized spacial score (nSPS) is 18.1. The number of hydroxylamine groups is 3. The van der Waals surface area contributed by atoms with Crippen molar-refractivity contribution in [3.8, 4) is 22.4 Å². The predicted octanol–water partition coefficient (Wildman–Crippen LogP) is 6.31. The Bertz CT molecular complexity index is 1560. The number of rotatable bonds is 5. The summed E-state index contributed by atoms with van der Waals surface area (Å²) in [6.45, 7) is 2.72. The van der Waals surface area contributed by atoms with Crippen LogP contribution >= 0.6 is 23.2 Å². The molecule has 37 heavy (non-hydrogen) atoms. The number of ketones is 1. The second-order valence-electron chi connectivity index (χ2n) is 9.65. The molecule has 5 rings (SSSR count). The second-order valence-corrected chi connectivity index (χ2v) is 10.5. The van der Waals surface area contributed by atoms with E-state index in [0.29, 0.717) is 32.3 Å². The number of hydrogen-bond acceptors (Lipinski definition) is 6. The number of aromatic nitrogens is 1. The predicted molar refractivity (Wildman–Crippen MR) is 143 cm³/mol. The third-order valence-corrected chi connectivity index (χ3v) is 6.94. The van der Waals surface area contributed by atoms with Crippen molar-refractivity contribution in [1.29, 1.82) is 0 Å². The number of benzene rings is 2. The Morgan fingerprint density at radius 3 is 2.41 bits per heavy atom. The first-order valence-electron chi connectivity index (χ1n) is 11.5. The Balaban J connectivity index is 1.85. The lowest BCUT2D eigenvalue weighted by atomic mass is 9.97. The summed E-state index contributed by atoms with van der Waals surface area (Å²) in [6.07, 6.45) is 0. The first-order chi connectivity index (χ1) is 17.4. The van der Waals surface area contributed by atoms with Crippen LogP contribution in [0.5, 0.6) is 0 Å². The highest BCUT2D eigenvalue weighted by atomic mass is 35.5. The molecular formula is C27H23Cl2N3O5. The minimum Gasteiger partial charge on any atom is -0.624 e. The van der Waals surface area contributed by atoms with Crippen LogP contribution in [0, 0.1) is 5.21 Å². The van der Waals surface area contributed by atoms with Gasteiger partial charge in [0.15, 0.2) is 5.76 Å². The average molecular weight is 540 g/mol. The summed E-state index contributed by atoms with van der Waals surface area (Å²) in [7, 11) is 1.26. The van der Waals surface area contributed by atoms with Gasteiger partial charge in [-0.3, -0.25) is 14.3 Å². The average Bonchev–Trinajstić information content (AvgIpc) is 3.33. The van der Waals surface area contributed by atoms with Crippen molar-refractivity contribution >= 4 is 51.8 Å². The number of anilines is 1. The monoisotopic (exact) mass is 539 g/mol. The molecule has 1 unspecified atom stereocenters. The van der Waals surface area contributed by atoms with E-state index < -0.39 is 22.1 Å². The van der Waals surface area contributed by atoms with Gasteiger partial charge in [0, 0.05) is 21.2 Å². The van der Waals surface area contributed by atoms with Crippen LogP contribution in [-0.2, 0) is 0 Å². The van der Waals surface area contributed by atoms with Crippen LogP contribution in [0.4, 0.5) is 10.5 Å². The molecule has 2 aromatic heterocycles. The number of amides is 2. The fraction of sp³-hybridized carbons (Fsp3) is 0.222. The van der Waals surface area contributed by atoms with Crippen molar-refractivity contribution in [3.63, 3.8) is 0 Å². The Kier molecular flexibility index (Phi) is 6.13. The van der Waals surface area contributed by atoms with E-state index in [9.17, 15) is 19.9 Å². The minimum absolute atomic E-state index is 0.00314. The van der Waals surface area contributed by atoms with Crippen LogP contribution in [0.2, 0.25) is 10.0 Å². The minimum atomic E-state index is -1.80. The highest BCUT2D eigenvalue weighted by Crippen LogP contribution is 2.43.